The van der Waals surface area contributed by atoms with E-state index in [1.807, 2.05) is 0 Å². The van der Waals surface area contributed by atoms with Gasteiger partial charge < -0.3 is 39.7 Å². The van der Waals surface area contributed by atoms with Crippen molar-refractivity contribution in [1.82, 2.24) is 0 Å². The molecule has 1 saturated heterocycles. The smallest absolute Gasteiger partial charge is 0.186 e. The number of aliphatic hydroxyl groups excluding tert-OH is 5. The summed E-state index contributed by atoms with van der Waals surface area (Å²) in [6.07, 6.45) is 4.97. The van der Waals surface area contributed by atoms with Gasteiger partial charge in [-0.05, 0) is 6.42 Å². The van der Waals surface area contributed by atoms with Crippen LogP contribution in [0.2, 0.25) is 0 Å². The summed E-state index contributed by atoms with van der Waals surface area (Å²) < 4.78 is 15.9. The molecule has 1 heterocycles. The Kier molecular flexibility index (Phi) is 15.1. The molecule has 29 heavy (non-hydrogen) atoms. The normalized spacial score (nSPS) is 28.6. The Balaban J connectivity index is 1.99. The van der Waals surface area contributed by atoms with Crippen molar-refractivity contribution in [2.45, 2.75) is 108 Å². The Bertz CT molecular complexity index is 382. The van der Waals surface area contributed by atoms with Crippen molar-refractivity contribution < 1.29 is 39.7 Å². The third-order valence-corrected chi connectivity index (χ3v) is 5.25. The zero-order valence-corrected chi connectivity index (χ0v) is 17.8. The molecule has 1 rings (SSSR count). The molecule has 1 fully saturated rings. The molecule has 1 aliphatic heterocycles. The van der Waals surface area contributed by atoms with E-state index in [1.54, 1.807) is 0 Å². The molecule has 1 unspecified atom stereocenters. The van der Waals surface area contributed by atoms with E-state index in [9.17, 15) is 20.4 Å². The Morgan fingerprint density at radius 2 is 1.38 bits per heavy atom. The average Bonchev–Trinajstić information content (AvgIpc) is 2.72. The molecule has 0 radical (unpaired) electrons. The molecule has 8 nitrogen and oxygen atoms in total. The summed E-state index contributed by atoms with van der Waals surface area (Å²) in [6.45, 7) is 2.24. The van der Waals surface area contributed by atoms with Crippen molar-refractivity contribution in [2.24, 2.45) is 0 Å². The summed E-state index contributed by atoms with van der Waals surface area (Å²) >= 11 is 0. The van der Waals surface area contributed by atoms with Gasteiger partial charge in [-0.25, -0.2) is 0 Å². The van der Waals surface area contributed by atoms with Gasteiger partial charge in [-0.3, -0.25) is 0 Å². The summed E-state index contributed by atoms with van der Waals surface area (Å²) in [6, 6.07) is 0. The molecule has 0 saturated carbocycles. The fourth-order valence-electron chi connectivity index (χ4n) is 3.37. The topological polar surface area (TPSA) is 129 Å². The molecule has 174 valence electrons. The lowest BCUT2D eigenvalue weighted by atomic mass is 9.99. The van der Waals surface area contributed by atoms with Gasteiger partial charge in [0.05, 0.1) is 19.8 Å². The lowest BCUT2D eigenvalue weighted by Gasteiger charge is -2.39. The highest BCUT2D eigenvalue weighted by atomic mass is 16.7. The van der Waals surface area contributed by atoms with E-state index < -0.39 is 43.4 Å². The maximum atomic E-state index is 9.92. The highest BCUT2D eigenvalue weighted by Crippen LogP contribution is 2.22. The SMILES string of the molecule is CCCCCCCCCCCCOCC(O)CO[C@@H]1O[C@H](CO)[C@H](O)[C@H](O)[C@H]1O. The van der Waals surface area contributed by atoms with Gasteiger partial charge in [0, 0.05) is 6.61 Å². The molecule has 0 bridgehead atoms. The zero-order valence-electron chi connectivity index (χ0n) is 17.8. The number of hydrogen-bond donors (Lipinski definition) is 5. The molecule has 0 aliphatic carbocycles. The summed E-state index contributed by atoms with van der Waals surface area (Å²) in [5, 5.41) is 48.3. The van der Waals surface area contributed by atoms with Gasteiger partial charge in [-0.2, -0.15) is 0 Å². The summed E-state index contributed by atoms with van der Waals surface area (Å²) in [4.78, 5) is 0. The minimum absolute atomic E-state index is 0.106. The molecule has 8 heteroatoms. The number of unbranched alkanes of at least 4 members (excludes halogenated alkanes) is 9. The van der Waals surface area contributed by atoms with Crippen LogP contribution in [0.4, 0.5) is 0 Å². The molecular weight excluding hydrogens is 380 g/mol. The van der Waals surface area contributed by atoms with Crippen LogP contribution in [-0.4, -0.2) is 88.8 Å². The van der Waals surface area contributed by atoms with Crippen LogP contribution >= 0.6 is 0 Å². The van der Waals surface area contributed by atoms with Gasteiger partial charge in [0.25, 0.3) is 0 Å². The summed E-state index contributed by atoms with van der Waals surface area (Å²) in [7, 11) is 0. The predicted octanol–water partition coefficient (Wildman–Crippen LogP) is 1.10. The Labute approximate surface area is 174 Å². The first kappa shape index (κ1) is 26.7. The predicted molar refractivity (Wildman–Crippen MR) is 108 cm³/mol. The van der Waals surface area contributed by atoms with Gasteiger partial charge in [0.2, 0.25) is 0 Å². The third-order valence-electron chi connectivity index (χ3n) is 5.25. The molecular formula is C21H42O8. The molecule has 0 aromatic carbocycles. The lowest BCUT2D eigenvalue weighted by molar-refractivity contribution is -0.305. The molecule has 0 amide bonds. The fourth-order valence-corrected chi connectivity index (χ4v) is 3.37. The molecule has 0 aromatic heterocycles. The van der Waals surface area contributed by atoms with Crippen LogP contribution in [0.15, 0.2) is 0 Å². The highest BCUT2D eigenvalue weighted by molar-refractivity contribution is 4.88. The number of hydrogen-bond acceptors (Lipinski definition) is 8. The van der Waals surface area contributed by atoms with Crippen LogP contribution in [0.5, 0.6) is 0 Å². The molecule has 1 aliphatic rings. The van der Waals surface area contributed by atoms with E-state index in [2.05, 4.69) is 6.92 Å². The molecule has 0 spiro atoms. The minimum atomic E-state index is -1.49. The van der Waals surface area contributed by atoms with Gasteiger partial charge in [-0.15, -0.1) is 0 Å². The third kappa shape index (κ3) is 11.0. The second-order valence-electron chi connectivity index (χ2n) is 7.94. The summed E-state index contributed by atoms with van der Waals surface area (Å²) in [5.41, 5.74) is 0. The second kappa shape index (κ2) is 16.4. The first-order valence-electron chi connectivity index (χ1n) is 11.2. The van der Waals surface area contributed by atoms with Gasteiger partial charge >= 0.3 is 0 Å². The Morgan fingerprint density at radius 1 is 0.793 bits per heavy atom. The maximum absolute atomic E-state index is 9.92. The largest absolute Gasteiger partial charge is 0.394 e. The van der Waals surface area contributed by atoms with Crippen LogP contribution in [0, 0.1) is 0 Å². The number of rotatable bonds is 17. The van der Waals surface area contributed by atoms with Crippen LogP contribution in [-0.2, 0) is 14.2 Å². The van der Waals surface area contributed by atoms with E-state index in [0.29, 0.717) is 6.61 Å². The minimum Gasteiger partial charge on any atom is -0.394 e. The fraction of sp³-hybridized carbons (Fsp3) is 1.00. The van der Waals surface area contributed by atoms with Crippen molar-refractivity contribution in [3.63, 3.8) is 0 Å². The van der Waals surface area contributed by atoms with Crippen molar-refractivity contribution in [3.05, 3.63) is 0 Å². The molecule has 5 N–H and O–H groups in total. The van der Waals surface area contributed by atoms with Crippen molar-refractivity contribution in [3.8, 4) is 0 Å². The van der Waals surface area contributed by atoms with E-state index in [-0.39, 0.29) is 13.2 Å². The summed E-state index contributed by atoms with van der Waals surface area (Å²) in [5.74, 6) is 0. The second-order valence-corrected chi connectivity index (χ2v) is 7.94. The maximum Gasteiger partial charge on any atom is 0.186 e. The number of aliphatic hydroxyl groups is 5. The van der Waals surface area contributed by atoms with E-state index in [4.69, 9.17) is 19.3 Å². The quantitative estimate of drug-likeness (QED) is 0.220. The van der Waals surface area contributed by atoms with Gasteiger partial charge in [0.15, 0.2) is 6.29 Å². The van der Waals surface area contributed by atoms with Crippen LogP contribution in [0.1, 0.15) is 71.1 Å². The van der Waals surface area contributed by atoms with Crippen molar-refractivity contribution in [2.75, 3.05) is 26.4 Å². The van der Waals surface area contributed by atoms with Crippen LogP contribution in [0.25, 0.3) is 0 Å². The first-order chi connectivity index (χ1) is 14.0. The van der Waals surface area contributed by atoms with Crippen molar-refractivity contribution in [1.29, 1.82) is 0 Å². The average molecular weight is 423 g/mol. The van der Waals surface area contributed by atoms with E-state index in [0.717, 1.165) is 12.8 Å². The number of ether oxygens (including phenoxy) is 3. The Morgan fingerprint density at radius 3 is 1.97 bits per heavy atom. The highest BCUT2D eigenvalue weighted by Gasteiger charge is 2.44. The van der Waals surface area contributed by atoms with Crippen molar-refractivity contribution >= 4 is 0 Å². The molecule has 0 aromatic rings. The van der Waals surface area contributed by atoms with E-state index in [1.165, 1.54) is 51.4 Å². The van der Waals surface area contributed by atoms with Crippen LogP contribution in [0.3, 0.4) is 0 Å². The van der Waals surface area contributed by atoms with Crippen LogP contribution < -0.4 is 0 Å². The standard InChI is InChI=1S/C21H42O8/c1-2-3-4-5-6-7-8-9-10-11-12-27-14-16(23)15-28-21-20(26)19(25)18(24)17(13-22)29-21/h16-26H,2-15H2,1H3/t16?,17-,18+,19+,20-,21-/m1/s1. The van der Waals surface area contributed by atoms with Gasteiger partial charge in [0.1, 0.15) is 30.5 Å². The lowest BCUT2D eigenvalue weighted by Crippen LogP contribution is -2.59. The first-order valence-corrected chi connectivity index (χ1v) is 11.2. The zero-order chi connectivity index (χ0) is 21.5. The molecule has 6 atom stereocenters. The van der Waals surface area contributed by atoms with E-state index >= 15 is 0 Å². The monoisotopic (exact) mass is 422 g/mol. The van der Waals surface area contributed by atoms with Gasteiger partial charge in [-0.1, -0.05) is 64.7 Å². The Hall–Kier alpha value is -0.320.